The molecular formula is C19H25NO. The molecule has 2 nitrogen and oxygen atoms in total. The summed E-state index contributed by atoms with van der Waals surface area (Å²) in [4.78, 5) is 0. The first kappa shape index (κ1) is 15.6. The summed E-state index contributed by atoms with van der Waals surface area (Å²) in [5, 5.41) is 3.58. The van der Waals surface area contributed by atoms with Gasteiger partial charge in [-0.2, -0.15) is 0 Å². The zero-order chi connectivity index (χ0) is 15.1. The lowest BCUT2D eigenvalue weighted by Gasteiger charge is -2.15. The second kappa shape index (κ2) is 7.84. The Bertz CT molecular complexity index is 565. The van der Waals surface area contributed by atoms with E-state index in [2.05, 4.69) is 55.6 Å². The molecule has 2 aromatic rings. The highest BCUT2D eigenvalue weighted by Gasteiger charge is 2.05. The van der Waals surface area contributed by atoms with Crippen LogP contribution in [0.2, 0.25) is 0 Å². The second-order valence-corrected chi connectivity index (χ2v) is 5.55. The van der Waals surface area contributed by atoms with Gasteiger partial charge in [-0.25, -0.2) is 0 Å². The quantitative estimate of drug-likeness (QED) is 0.765. The van der Waals surface area contributed by atoms with Gasteiger partial charge >= 0.3 is 0 Å². The summed E-state index contributed by atoms with van der Waals surface area (Å²) in [5.74, 6) is 0.918. The summed E-state index contributed by atoms with van der Waals surface area (Å²) in [7, 11) is 1.71. The molecule has 0 saturated carbocycles. The predicted molar refractivity (Wildman–Crippen MR) is 88.9 cm³/mol. The molecule has 0 aliphatic heterocycles. The van der Waals surface area contributed by atoms with E-state index in [1.54, 1.807) is 7.11 Å². The minimum atomic E-state index is 0.345. The van der Waals surface area contributed by atoms with Crippen LogP contribution in [0.3, 0.4) is 0 Å². The van der Waals surface area contributed by atoms with E-state index in [1.165, 1.54) is 16.7 Å². The van der Waals surface area contributed by atoms with Gasteiger partial charge in [0.2, 0.25) is 0 Å². The Hall–Kier alpha value is -1.80. The van der Waals surface area contributed by atoms with Crippen molar-refractivity contribution in [3.8, 4) is 5.75 Å². The molecule has 1 unspecified atom stereocenters. The smallest absolute Gasteiger partial charge is 0.119 e. The number of methoxy groups -OCH3 is 1. The highest BCUT2D eigenvalue weighted by Crippen LogP contribution is 2.18. The Labute approximate surface area is 128 Å². The van der Waals surface area contributed by atoms with Crippen LogP contribution < -0.4 is 10.1 Å². The number of hydrogen-bond donors (Lipinski definition) is 1. The van der Waals surface area contributed by atoms with E-state index < -0.39 is 0 Å². The van der Waals surface area contributed by atoms with E-state index in [-0.39, 0.29) is 0 Å². The SMILES string of the molecule is COc1cccc(C(C)NCCCc2cccc(C)c2)c1. The molecule has 2 rings (SSSR count). The highest BCUT2D eigenvalue weighted by molar-refractivity contribution is 5.30. The van der Waals surface area contributed by atoms with Crippen LogP contribution in [-0.4, -0.2) is 13.7 Å². The minimum absolute atomic E-state index is 0.345. The summed E-state index contributed by atoms with van der Waals surface area (Å²) in [6.45, 7) is 5.36. The van der Waals surface area contributed by atoms with Crippen molar-refractivity contribution >= 4 is 0 Å². The Balaban J connectivity index is 1.77. The van der Waals surface area contributed by atoms with Crippen molar-refractivity contribution < 1.29 is 4.74 Å². The Morgan fingerprint density at radius 1 is 1.10 bits per heavy atom. The molecule has 0 fully saturated rings. The average Bonchev–Trinajstić information content (AvgIpc) is 2.51. The fourth-order valence-electron chi connectivity index (χ4n) is 2.51. The Kier molecular flexibility index (Phi) is 5.82. The minimum Gasteiger partial charge on any atom is -0.497 e. The third-order valence-corrected chi connectivity index (χ3v) is 3.77. The summed E-state index contributed by atoms with van der Waals surface area (Å²) < 4.78 is 5.27. The molecule has 0 aliphatic carbocycles. The highest BCUT2D eigenvalue weighted by atomic mass is 16.5. The summed E-state index contributed by atoms with van der Waals surface area (Å²) in [5.41, 5.74) is 4.03. The van der Waals surface area contributed by atoms with Crippen LogP contribution in [0, 0.1) is 6.92 Å². The molecule has 0 spiro atoms. The van der Waals surface area contributed by atoms with E-state index >= 15 is 0 Å². The zero-order valence-corrected chi connectivity index (χ0v) is 13.2. The van der Waals surface area contributed by atoms with Gasteiger partial charge in [-0.3, -0.25) is 0 Å². The van der Waals surface area contributed by atoms with Crippen LogP contribution in [0.4, 0.5) is 0 Å². The third kappa shape index (κ3) is 4.91. The van der Waals surface area contributed by atoms with Crippen molar-refractivity contribution in [1.82, 2.24) is 5.32 Å². The molecule has 0 aliphatic rings. The fraction of sp³-hybridized carbons (Fsp3) is 0.368. The molecule has 112 valence electrons. The number of benzene rings is 2. The van der Waals surface area contributed by atoms with Crippen LogP contribution in [-0.2, 0) is 6.42 Å². The van der Waals surface area contributed by atoms with Gasteiger partial charge in [0.25, 0.3) is 0 Å². The van der Waals surface area contributed by atoms with Crippen molar-refractivity contribution in [2.75, 3.05) is 13.7 Å². The van der Waals surface area contributed by atoms with E-state index in [9.17, 15) is 0 Å². The van der Waals surface area contributed by atoms with Crippen molar-refractivity contribution in [2.45, 2.75) is 32.7 Å². The standard InChI is InChI=1S/C19H25NO/c1-15-7-4-8-17(13-15)9-6-12-20-16(2)18-10-5-11-19(14-18)21-3/h4-5,7-8,10-11,13-14,16,20H,6,9,12H2,1-3H3. The van der Waals surface area contributed by atoms with Gasteiger partial charge < -0.3 is 10.1 Å². The average molecular weight is 283 g/mol. The monoisotopic (exact) mass is 283 g/mol. The van der Waals surface area contributed by atoms with Crippen LogP contribution in [0.25, 0.3) is 0 Å². The van der Waals surface area contributed by atoms with E-state index in [0.717, 1.165) is 25.1 Å². The van der Waals surface area contributed by atoms with Gasteiger partial charge in [-0.05, 0) is 56.5 Å². The maximum absolute atomic E-state index is 5.27. The molecule has 0 bridgehead atoms. The van der Waals surface area contributed by atoms with Gasteiger partial charge in [0, 0.05) is 6.04 Å². The topological polar surface area (TPSA) is 21.3 Å². The molecular weight excluding hydrogens is 258 g/mol. The lowest BCUT2D eigenvalue weighted by atomic mass is 10.1. The normalized spacial score (nSPS) is 12.1. The number of rotatable bonds is 7. The van der Waals surface area contributed by atoms with E-state index in [0.29, 0.717) is 6.04 Å². The predicted octanol–water partition coefficient (Wildman–Crippen LogP) is 4.29. The zero-order valence-electron chi connectivity index (χ0n) is 13.2. The Morgan fingerprint density at radius 3 is 2.67 bits per heavy atom. The number of nitrogens with one attached hydrogen (secondary N) is 1. The molecule has 0 saturated heterocycles. The van der Waals surface area contributed by atoms with Crippen LogP contribution in [0.1, 0.15) is 36.1 Å². The van der Waals surface area contributed by atoms with Crippen LogP contribution >= 0.6 is 0 Å². The maximum atomic E-state index is 5.27. The molecule has 21 heavy (non-hydrogen) atoms. The summed E-state index contributed by atoms with van der Waals surface area (Å²) in [6.07, 6.45) is 2.28. The summed E-state index contributed by atoms with van der Waals surface area (Å²) >= 11 is 0. The third-order valence-electron chi connectivity index (χ3n) is 3.77. The lowest BCUT2D eigenvalue weighted by Crippen LogP contribution is -2.20. The number of hydrogen-bond acceptors (Lipinski definition) is 2. The summed E-state index contributed by atoms with van der Waals surface area (Å²) in [6, 6.07) is 17.4. The molecule has 1 atom stereocenters. The van der Waals surface area contributed by atoms with Crippen LogP contribution in [0.15, 0.2) is 48.5 Å². The van der Waals surface area contributed by atoms with Crippen LogP contribution in [0.5, 0.6) is 5.75 Å². The van der Waals surface area contributed by atoms with Gasteiger partial charge in [0.15, 0.2) is 0 Å². The van der Waals surface area contributed by atoms with E-state index in [1.807, 2.05) is 12.1 Å². The number of aryl methyl sites for hydroxylation is 2. The lowest BCUT2D eigenvalue weighted by molar-refractivity contribution is 0.413. The van der Waals surface area contributed by atoms with Crippen molar-refractivity contribution in [3.05, 3.63) is 65.2 Å². The fourth-order valence-corrected chi connectivity index (χ4v) is 2.51. The van der Waals surface area contributed by atoms with Crippen molar-refractivity contribution in [1.29, 1.82) is 0 Å². The first-order valence-electron chi connectivity index (χ1n) is 7.62. The van der Waals surface area contributed by atoms with Gasteiger partial charge in [-0.15, -0.1) is 0 Å². The Morgan fingerprint density at radius 2 is 1.90 bits per heavy atom. The largest absolute Gasteiger partial charge is 0.497 e. The second-order valence-electron chi connectivity index (χ2n) is 5.55. The molecule has 2 aromatic carbocycles. The van der Waals surface area contributed by atoms with Crippen molar-refractivity contribution in [2.24, 2.45) is 0 Å². The molecule has 0 heterocycles. The van der Waals surface area contributed by atoms with Crippen molar-refractivity contribution in [3.63, 3.8) is 0 Å². The molecule has 0 aromatic heterocycles. The first-order chi connectivity index (χ1) is 10.2. The molecule has 2 heteroatoms. The first-order valence-corrected chi connectivity index (χ1v) is 7.62. The van der Waals surface area contributed by atoms with Gasteiger partial charge in [0.05, 0.1) is 7.11 Å². The van der Waals surface area contributed by atoms with E-state index in [4.69, 9.17) is 4.74 Å². The molecule has 1 N–H and O–H groups in total. The van der Waals surface area contributed by atoms with Gasteiger partial charge in [0.1, 0.15) is 5.75 Å². The van der Waals surface area contributed by atoms with Gasteiger partial charge in [-0.1, -0.05) is 42.0 Å². The number of ether oxygens (including phenoxy) is 1. The maximum Gasteiger partial charge on any atom is 0.119 e. The molecule has 0 amide bonds. The molecule has 0 radical (unpaired) electrons.